The van der Waals surface area contributed by atoms with Gasteiger partial charge in [-0.25, -0.2) is 9.78 Å². The first-order valence-electron chi connectivity index (χ1n) is 6.44. The molecule has 0 aromatic carbocycles. The molecule has 0 radical (unpaired) electrons. The van der Waals surface area contributed by atoms with E-state index in [9.17, 15) is 14.9 Å². The molecule has 1 aliphatic rings. The molecule has 0 unspecified atom stereocenters. The van der Waals surface area contributed by atoms with Gasteiger partial charge in [0.15, 0.2) is 5.69 Å². The molecule has 0 spiro atoms. The minimum absolute atomic E-state index is 0.144. The highest BCUT2D eigenvalue weighted by molar-refractivity contribution is 5.86. The van der Waals surface area contributed by atoms with E-state index < -0.39 is 10.9 Å². The van der Waals surface area contributed by atoms with Crippen molar-refractivity contribution in [3.63, 3.8) is 0 Å². The normalized spacial score (nSPS) is 17.8. The van der Waals surface area contributed by atoms with E-state index in [2.05, 4.69) is 18.8 Å². The first-order chi connectivity index (χ1) is 9.30. The molecule has 0 aliphatic carbocycles. The van der Waals surface area contributed by atoms with E-state index in [1.54, 1.807) is 4.90 Å². The number of anilines is 1. The van der Waals surface area contributed by atoms with Crippen LogP contribution in [0.2, 0.25) is 0 Å². The Kier molecular flexibility index (Phi) is 3.61. The third-order valence-electron chi connectivity index (χ3n) is 3.69. The second-order valence-corrected chi connectivity index (χ2v) is 5.75. The number of aromatic nitrogens is 1. The van der Waals surface area contributed by atoms with Gasteiger partial charge in [0.05, 0.1) is 4.92 Å². The summed E-state index contributed by atoms with van der Waals surface area (Å²) in [6.45, 7) is 5.59. The third-order valence-corrected chi connectivity index (χ3v) is 3.69. The van der Waals surface area contributed by atoms with E-state index in [0.29, 0.717) is 13.1 Å². The Morgan fingerprint density at radius 1 is 1.40 bits per heavy atom. The van der Waals surface area contributed by atoms with Crippen molar-refractivity contribution in [1.82, 2.24) is 4.98 Å². The fourth-order valence-corrected chi connectivity index (χ4v) is 2.26. The first kappa shape index (κ1) is 14.2. The van der Waals surface area contributed by atoms with Crippen LogP contribution in [0, 0.1) is 15.5 Å². The van der Waals surface area contributed by atoms with E-state index in [1.807, 2.05) is 0 Å². The van der Waals surface area contributed by atoms with Gasteiger partial charge in [0.2, 0.25) is 5.82 Å². The van der Waals surface area contributed by atoms with Crippen LogP contribution in [-0.2, 0) is 0 Å². The fourth-order valence-electron chi connectivity index (χ4n) is 2.26. The van der Waals surface area contributed by atoms with Crippen LogP contribution >= 0.6 is 0 Å². The summed E-state index contributed by atoms with van der Waals surface area (Å²) < 4.78 is 0. The van der Waals surface area contributed by atoms with Crippen LogP contribution in [0.15, 0.2) is 12.1 Å². The fraction of sp³-hybridized carbons (Fsp3) is 0.538. The molecule has 0 saturated carbocycles. The van der Waals surface area contributed by atoms with Crippen molar-refractivity contribution in [1.29, 1.82) is 0 Å². The maximum Gasteiger partial charge on any atom is 0.354 e. The Morgan fingerprint density at radius 3 is 2.50 bits per heavy atom. The summed E-state index contributed by atoms with van der Waals surface area (Å²) in [4.78, 5) is 27.3. The van der Waals surface area contributed by atoms with E-state index in [0.717, 1.165) is 18.9 Å². The summed E-state index contributed by atoms with van der Waals surface area (Å²) in [5.74, 6) is -1.02. The van der Waals surface area contributed by atoms with Gasteiger partial charge in [-0.1, -0.05) is 13.8 Å². The van der Waals surface area contributed by atoms with Crippen LogP contribution in [-0.4, -0.2) is 34.1 Å². The molecule has 1 aromatic rings. The zero-order valence-corrected chi connectivity index (χ0v) is 11.5. The van der Waals surface area contributed by atoms with Crippen LogP contribution in [0.1, 0.15) is 37.2 Å². The zero-order chi connectivity index (χ0) is 14.9. The first-order valence-corrected chi connectivity index (χ1v) is 6.44. The topological polar surface area (TPSA) is 96.6 Å². The molecule has 20 heavy (non-hydrogen) atoms. The number of aromatic carboxylic acids is 1. The van der Waals surface area contributed by atoms with Crippen LogP contribution in [0.3, 0.4) is 0 Å². The molecular formula is C13H17N3O4. The molecule has 1 aromatic heterocycles. The average molecular weight is 279 g/mol. The predicted octanol–water partition coefficient (Wildman–Crippen LogP) is 2.31. The molecular weight excluding hydrogens is 262 g/mol. The van der Waals surface area contributed by atoms with Crippen molar-refractivity contribution in [2.75, 3.05) is 18.0 Å². The number of piperidine rings is 1. The molecule has 7 nitrogen and oxygen atoms in total. The van der Waals surface area contributed by atoms with Gasteiger partial charge in [0.25, 0.3) is 0 Å². The largest absolute Gasteiger partial charge is 0.477 e. The lowest BCUT2D eigenvalue weighted by Crippen LogP contribution is -2.38. The highest BCUT2D eigenvalue weighted by Crippen LogP contribution is 2.34. The smallest absolute Gasteiger partial charge is 0.354 e. The molecule has 1 aliphatic heterocycles. The molecule has 0 amide bonds. The number of hydrogen-bond donors (Lipinski definition) is 1. The van der Waals surface area contributed by atoms with Crippen LogP contribution in [0.5, 0.6) is 0 Å². The predicted molar refractivity (Wildman–Crippen MR) is 73.1 cm³/mol. The van der Waals surface area contributed by atoms with Crippen molar-refractivity contribution in [2.24, 2.45) is 5.41 Å². The maximum absolute atomic E-state index is 11.1. The summed E-state index contributed by atoms with van der Waals surface area (Å²) >= 11 is 0. The van der Waals surface area contributed by atoms with E-state index in [-0.39, 0.29) is 22.6 Å². The summed E-state index contributed by atoms with van der Waals surface area (Å²) in [5, 5.41) is 20.0. The van der Waals surface area contributed by atoms with Crippen molar-refractivity contribution >= 4 is 17.5 Å². The lowest BCUT2D eigenvalue weighted by Gasteiger charge is -2.37. The summed E-state index contributed by atoms with van der Waals surface area (Å²) in [5.41, 5.74) is -0.111. The quantitative estimate of drug-likeness (QED) is 0.673. The third kappa shape index (κ3) is 2.87. The zero-order valence-electron chi connectivity index (χ0n) is 11.5. The van der Waals surface area contributed by atoms with Gasteiger partial charge >= 0.3 is 11.7 Å². The van der Waals surface area contributed by atoms with Gasteiger partial charge in [0, 0.05) is 19.2 Å². The Labute approximate surface area is 116 Å². The lowest BCUT2D eigenvalue weighted by atomic mass is 9.83. The highest BCUT2D eigenvalue weighted by Gasteiger charge is 2.30. The molecule has 1 N–H and O–H groups in total. The van der Waals surface area contributed by atoms with Crippen LogP contribution < -0.4 is 4.90 Å². The monoisotopic (exact) mass is 279 g/mol. The van der Waals surface area contributed by atoms with Crippen molar-refractivity contribution in [3.8, 4) is 0 Å². The number of rotatable bonds is 3. The molecule has 2 rings (SSSR count). The molecule has 0 atom stereocenters. The Hall–Kier alpha value is -2.18. The Morgan fingerprint density at radius 2 is 2.00 bits per heavy atom. The lowest BCUT2D eigenvalue weighted by molar-refractivity contribution is -0.384. The number of carboxylic acid groups (broad SMARTS) is 1. The minimum Gasteiger partial charge on any atom is -0.477 e. The molecule has 2 heterocycles. The molecule has 1 saturated heterocycles. The average Bonchev–Trinajstić information content (AvgIpc) is 2.37. The number of carboxylic acids is 1. The van der Waals surface area contributed by atoms with Crippen molar-refractivity contribution in [3.05, 3.63) is 27.9 Å². The SMILES string of the molecule is CC1(C)CCN(c2nc(C(=O)O)ccc2[N+](=O)[O-])CC1. The van der Waals surface area contributed by atoms with Gasteiger partial charge in [-0.15, -0.1) is 0 Å². The molecule has 7 heteroatoms. The van der Waals surface area contributed by atoms with Gasteiger partial charge in [-0.2, -0.15) is 0 Å². The highest BCUT2D eigenvalue weighted by atomic mass is 16.6. The van der Waals surface area contributed by atoms with Gasteiger partial charge < -0.3 is 10.0 Å². The van der Waals surface area contributed by atoms with Gasteiger partial charge in [-0.3, -0.25) is 10.1 Å². The molecule has 1 fully saturated rings. The summed E-state index contributed by atoms with van der Waals surface area (Å²) in [6.07, 6.45) is 1.78. The summed E-state index contributed by atoms with van der Waals surface area (Å²) in [6, 6.07) is 2.38. The van der Waals surface area contributed by atoms with Crippen molar-refractivity contribution < 1.29 is 14.8 Å². The second kappa shape index (κ2) is 5.07. The van der Waals surface area contributed by atoms with Gasteiger partial charge in [-0.05, 0) is 24.3 Å². The molecule has 108 valence electrons. The number of nitro groups is 1. The number of hydrogen-bond acceptors (Lipinski definition) is 5. The number of nitrogens with zero attached hydrogens (tertiary/aromatic N) is 3. The maximum atomic E-state index is 11.1. The number of carbonyl (C=O) groups is 1. The minimum atomic E-state index is -1.18. The van der Waals surface area contributed by atoms with Crippen molar-refractivity contribution in [2.45, 2.75) is 26.7 Å². The Bertz CT molecular complexity index is 547. The standard InChI is InChI=1S/C13H17N3O4/c1-13(2)5-7-15(8-6-13)11-10(16(19)20)4-3-9(14-11)12(17)18/h3-4H,5-8H2,1-2H3,(H,17,18). The van der Waals surface area contributed by atoms with Crippen LogP contribution in [0.25, 0.3) is 0 Å². The van der Waals surface area contributed by atoms with Gasteiger partial charge in [0.1, 0.15) is 0 Å². The second-order valence-electron chi connectivity index (χ2n) is 5.75. The summed E-state index contributed by atoms with van der Waals surface area (Å²) in [7, 11) is 0. The van der Waals surface area contributed by atoms with E-state index >= 15 is 0 Å². The number of pyridine rings is 1. The van der Waals surface area contributed by atoms with Crippen LogP contribution in [0.4, 0.5) is 11.5 Å². The van der Waals surface area contributed by atoms with E-state index in [4.69, 9.17) is 5.11 Å². The molecule has 0 bridgehead atoms. The Balaban J connectivity index is 2.36. The van der Waals surface area contributed by atoms with E-state index in [1.165, 1.54) is 6.07 Å².